The fourth-order valence-electron chi connectivity index (χ4n) is 1.85. The second-order valence-electron chi connectivity index (χ2n) is 6.21. The third-order valence-corrected chi connectivity index (χ3v) is 3.41. The summed E-state index contributed by atoms with van der Waals surface area (Å²) in [5, 5.41) is 9.99. The second-order valence-corrected chi connectivity index (χ2v) is 6.21. The van der Waals surface area contributed by atoms with E-state index in [1.54, 1.807) is 0 Å². The zero-order chi connectivity index (χ0) is 13.6. The smallest absolute Gasteiger partial charge is 0.0600 e. The van der Waals surface area contributed by atoms with Gasteiger partial charge >= 0.3 is 0 Å². The zero-order valence-electron chi connectivity index (χ0n) is 12.2. The fourth-order valence-corrected chi connectivity index (χ4v) is 1.85. The molecule has 0 amide bonds. The molecule has 1 N–H and O–H groups in total. The van der Waals surface area contributed by atoms with Gasteiger partial charge in [0.1, 0.15) is 0 Å². The van der Waals surface area contributed by atoms with Gasteiger partial charge < -0.3 is 10.0 Å². The lowest BCUT2D eigenvalue weighted by Crippen LogP contribution is -2.31. The average Bonchev–Trinajstić information content (AvgIpc) is 2.33. The first-order valence-electron chi connectivity index (χ1n) is 6.80. The van der Waals surface area contributed by atoms with Gasteiger partial charge in [-0.3, -0.25) is 0 Å². The largest absolute Gasteiger partial charge is 0.393 e. The molecule has 1 atom stereocenters. The van der Waals surface area contributed by atoms with Crippen molar-refractivity contribution in [3.8, 4) is 0 Å². The number of aliphatic hydroxyl groups excluding tert-OH is 1. The molecule has 0 heterocycles. The number of likely N-dealkylation sites (N-methyl/N-ethyl adjacent to an activating group) is 1. The van der Waals surface area contributed by atoms with Crippen LogP contribution in [0.2, 0.25) is 0 Å². The van der Waals surface area contributed by atoms with Crippen LogP contribution in [0.25, 0.3) is 0 Å². The third-order valence-electron chi connectivity index (χ3n) is 3.41. The number of rotatable bonds is 6. The molecule has 0 aliphatic rings. The van der Waals surface area contributed by atoms with Crippen LogP contribution in [-0.2, 0) is 6.42 Å². The molecule has 0 aliphatic carbocycles. The number of aliphatic hydroxyl groups is 1. The SMILES string of the molecule is CN(CCc1ccccc1)CCC(O)C(C)(C)C. The Morgan fingerprint density at radius 2 is 1.72 bits per heavy atom. The molecule has 102 valence electrons. The summed E-state index contributed by atoms with van der Waals surface area (Å²) < 4.78 is 0. The first-order chi connectivity index (χ1) is 8.39. The molecule has 0 saturated carbocycles. The standard InChI is InChI=1S/C16H27NO/c1-16(2,3)15(18)11-13-17(4)12-10-14-8-6-5-7-9-14/h5-9,15,18H,10-13H2,1-4H3. The predicted octanol–water partition coefficient (Wildman–Crippen LogP) is 2.96. The summed E-state index contributed by atoms with van der Waals surface area (Å²) in [6.45, 7) is 8.25. The Labute approximate surface area is 112 Å². The van der Waals surface area contributed by atoms with Gasteiger partial charge in [-0.05, 0) is 30.9 Å². The Morgan fingerprint density at radius 3 is 2.28 bits per heavy atom. The van der Waals surface area contributed by atoms with Crippen molar-refractivity contribution in [1.29, 1.82) is 0 Å². The normalized spacial score (nSPS) is 13.9. The molecule has 0 radical (unpaired) electrons. The van der Waals surface area contributed by atoms with Crippen LogP contribution < -0.4 is 0 Å². The van der Waals surface area contributed by atoms with Crippen molar-refractivity contribution in [3.05, 3.63) is 35.9 Å². The summed E-state index contributed by atoms with van der Waals surface area (Å²) in [7, 11) is 2.12. The molecule has 0 bridgehead atoms. The van der Waals surface area contributed by atoms with Gasteiger partial charge in [-0.1, -0.05) is 51.1 Å². The van der Waals surface area contributed by atoms with Crippen LogP contribution in [-0.4, -0.2) is 36.2 Å². The van der Waals surface area contributed by atoms with Crippen LogP contribution in [0.5, 0.6) is 0 Å². The Balaban J connectivity index is 2.24. The molecule has 1 aromatic carbocycles. The van der Waals surface area contributed by atoms with Crippen LogP contribution in [0, 0.1) is 5.41 Å². The van der Waals surface area contributed by atoms with Gasteiger partial charge in [0.25, 0.3) is 0 Å². The van der Waals surface area contributed by atoms with Crippen LogP contribution in [0.15, 0.2) is 30.3 Å². The molecule has 2 nitrogen and oxygen atoms in total. The van der Waals surface area contributed by atoms with Gasteiger partial charge in [0, 0.05) is 13.1 Å². The molecule has 1 aromatic rings. The molecule has 0 fully saturated rings. The summed E-state index contributed by atoms with van der Waals surface area (Å²) in [4.78, 5) is 2.29. The molecular weight excluding hydrogens is 222 g/mol. The Morgan fingerprint density at radius 1 is 1.11 bits per heavy atom. The Hall–Kier alpha value is -0.860. The van der Waals surface area contributed by atoms with E-state index in [2.05, 4.69) is 57.0 Å². The highest BCUT2D eigenvalue weighted by molar-refractivity contribution is 5.14. The van der Waals surface area contributed by atoms with Crippen LogP contribution in [0.4, 0.5) is 0 Å². The van der Waals surface area contributed by atoms with E-state index in [1.165, 1.54) is 5.56 Å². The monoisotopic (exact) mass is 249 g/mol. The van der Waals surface area contributed by atoms with E-state index in [9.17, 15) is 5.11 Å². The van der Waals surface area contributed by atoms with E-state index in [4.69, 9.17) is 0 Å². The fraction of sp³-hybridized carbons (Fsp3) is 0.625. The first-order valence-corrected chi connectivity index (χ1v) is 6.80. The lowest BCUT2D eigenvalue weighted by atomic mass is 9.87. The molecule has 0 saturated heterocycles. The number of benzene rings is 1. The van der Waals surface area contributed by atoms with Crippen LogP contribution in [0.1, 0.15) is 32.8 Å². The summed E-state index contributed by atoms with van der Waals surface area (Å²) in [5.41, 5.74) is 1.36. The van der Waals surface area contributed by atoms with Crippen molar-refractivity contribution >= 4 is 0 Å². The summed E-state index contributed by atoms with van der Waals surface area (Å²) in [6, 6.07) is 10.5. The minimum absolute atomic E-state index is 0.0136. The highest BCUT2D eigenvalue weighted by atomic mass is 16.3. The van der Waals surface area contributed by atoms with Crippen molar-refractivity contribution in [2.75, 3.05) is 20.1 Å². The van der Waals surface area contributed by atoms with Gasteiger partial charge in [0.2, 0.25) is 0 Å². The average molecular weight is 249 g/mol. The van der Waals surface area contributed by atoms with E-state index in [0.717, 1.165) is 25.9 Å². The van der Waals surface area contributed by atoms with Crippen molar-refractivity contribution in [3.63, 3.8) is 0 Å². The molecular formula is C16H27NO. The van der Waals surface area contributed by atoms with E-state index in [-0.39, 0.29) is 11.5 Å². The second kappa shape index (κ2) is 6.91. The van der Waals surface area contributed by atoms with E-state index in [0.29, 0.717) is 0 Å². The van der Waals surface area contributed by atoms with Crippen molar-refractivity contribution in [2.24, 2.45) is 5.41 Å². The first kappa shape index (κ1) is 15.2. The maximum atomic E-state index is 9.99. The van der Waals surface area contributed by atoms with Crippen LogP contribution >= 0.6 is 0 Å². The third kappa shape index (κ3) is 5.65. The minimum atomic E-state index is -0.225. The topological polar surface area (TPSA) is 23.5 Å². The molecule has 1 rings (SSSR count). The molecule has 0 spiro atoms. The predicted molar refractivity (Wildman–Crippen MR) is 77.7 cm³/mol. The number of nitrogens with zero attached hydrogens (tertiary/aromatic N) is 1. The minimum Gasteiger partial charge on any atom is -0.393 e. The highest BCUT2D eigenvalue weighted by Crippen LogP contribution is 2.21. The van der Waals surface area contributed by atoms with Gasteiger partial charge in [-0.15, -0.1) is 0 Å². The highest BCUT2D eigenvalue weighted by Gasteiger charge is 2.21. The summed E-state index contributed by atoms with van der Waals surface area (Å²) in [5.74, 6) is 0. The lowest BCUT2D eigenvalue weighted by Gasteiger charge is -2.27. The maximum absolute atomic E-state index is 9.99. The lowest BCUT2D eigenvalue weighted by molar-refractivity contribution is 0.0480. The Bertz CT molecular complexity index is 329. The van der Waals surface area contributed by atoms with Gasteiger partial charge in [-0.2, -0.15) is 0 Å². The zero-order valence-corrected chi connectivity index (χ0v) is 12.2. The molecule has 2 heteroatoms. The number of hydrogen-bond donors (Lipinski definition) is 1. The van der Waals surface area contributed by atoms with E-state index >= 15 is 0 Å². The summed E-state index contributed by atoms with van der Waals surface area (Å²) >= 11 is 0. The Kier molecular flexibility index (Phi) is 5.83. The molecule has 18 heavy (non-hydrogen) atoms. The van der Waals surface area contributed by atoms with Gasteiger partial charge in [-0.25, -0.2) is 0 Å². The van der Waals surface area contributed by atoms with Crippen LogP contribution in [0.3, 0.4) is 0 Å². The van der Waals surface area contributed by atoms with Crippen molar-refractivity contribution < 1.29 is 5.11 Å². The van der Waals surface area contributed by atoms with Gasteiger partial charge in [0.05, 0.1) is 6.10 Å². The summed E-state index contributed by atoms with van der Waals surface area (Å²) in [6.07, 6.45) is 1.69. The maximum Gasteiger partial charge on any atom is 0.0600 e. The van der Waals surface area contributed by atoms with Crippen molar-refractivity contribution in [2.45, 2.75) is 39.7 Å². The van der Waals surface area contributed by atoms with Crippen molar-refractivity contribution in [1.82, 2.24) is 4.90 Å². The quantitative estimate of drug-likeness (QED) is 0.838. The van der Waals surface area contributed by atoms with E-state index in [1.807, 2.05) is 6.07 Å². The molecule has 1 unspecified atom stereocenters. The van der Waals surface area contributed by atoms with E-state index < -0.39 is 0 Å². The number of hydrogen-bond acceptors (Lipinski definition) is 2. The molecule has 0 aromatic heterocycles. The van der Waals surface area contributed by atoms with Gasteiger partial charge in [0.15, 0.2) is 0 Å². The molecule has 0 aliphatic heterocycles.